The first-order valence-corrected chi connectivity index (χ1v) is 30.5. The molecule has 10 aromatic carbocycles. The molecule has 0 amide bonds. The Morgan fingerprint density at radius 1 is 0.250 bits per heavy atom. The van der Waals surface area contributed by atoms with Crippen LogP contribution in [-0.2, 0) is 5.41 Å². The molecule has 1 heteroatoms. The van der Waals surface area contributed by atoms with Gasteiger partial charge in [-0.25, -0.2) is 0 Å². The van der Waals surface area contributed by atoms with Gasteiger partial charge in [-0.3, -0.25) is 0 Å². The third-order valence-electron chi connectivity index (χ3n) is 21.7. The molecule has 0 aliphatic heterocycles. The lowest BCUT2D eigenvalue weighted by atomic mass is 9.66. The van der Waals surface area contributed by atoms with E-state index in [0.29, 0.717) is 23.7 Å². The summed E-state index contributed by atoms with van der Waals surface area (Å²) in [7, 11) is 0. The largest absolute Gasteiger partial charge is 0.310 e. The van der Waals surface area contributed by atoms with Gasteiger partial charge in [0.15, 0.2) is 0 Å². The van der Waals surface area contributed by atoms with E-state index in [9.17, 15) is 0 Å². The summed E-state index contributed by atoms with van der Waals surface area (Å²) >= 11 is 0. The van der Waals surface area contributed by atoms with Crippen molar-refractivity contribution >= 4 is 17.1 Å². The summed E-state index contributed by atoms with van der Waals surface area (Å²) in [6.07, 6.45) is 14.1. The fourth-order valence-corrected chi connectivity index (χ4v) is 18.8. The van der Waals surface area contributed by atoms with Gasteiger partial charge in [0.1, 0.15) is 0 Å². The zero-order valence-electron chi connectivity index (χ0n) is 45.5. The van der Waals surface area contributed by atoms with Crippen LogP contribution in [-0.4, -0.2) is 0 Å². The van der Waals surface area contributed by atoms with E-state index >= 15 is 0 Å². The lowest BCUT2D eigenvalue weighted by molar-refractivity contribution is 0.165. The first kappa shape index (κ1) is 45.8. The average molecular weight is 1030 g/mol. The highest BCUT2D eigenvalue weighted by Crippen LogP contribution is 2.68. The van der Waals surface area contributed by atoms with Gasteiger partial charge in [-0.05, 0) is 265 Å². The molecule has 10 aliphatic rings. The molecule has 386 valence electrons. The second kappa shape index (κ2) is 17.5. The predicted molar refractivity (Wildman–Crippen MR) is 330 cm³/mol. The molecule has 1 nitrogen and oxygen atoms in total. The van der Waals surface area contributed by atoms with Crippen LogP contribution in [0.4, 0.5) is 17.1 Å². The van der Waals surface area contributed by atoms with E-state index in [2.05, 4.69) is 229 Å². The van der Waals surface area contributed by atoms with Crippen LogP contribution in [0.1, 0.15) is 132 Å². The summed E-state index contributed by atoms with van der Waals surface area (Å²) in [6.45, 7) is 0. The number of hydrogen-bond acceptors (Lipinski definition) is 1. The molecule has 4 saturated carbocycles. The summed E-state index contributed by atoms with van der Waals surface area (Å²) in [6, 6.07) is 86.7. The van der Waals surface area contributed by atoms with Crippen LogP contribution in [0, 0.1) is 23.7 Å². The van der Waals surface area contributed by atoms with Gasteiger partial charge in [-0.2, -0.15) is 0 Å². The Morgan fingerprint density at radius 3 is 1.12 bits per heavy atom. The highest BCUT2D eigenvalue weighted by Gasteiger charge is 2.55. The van der Waals surface area contributed by atoms with Crippen LogP contribution in [0.5, 0.6) is 0 Å². The molecule has 4 fully saturated rings. The Hall–Kier alpha value is -8.00. The summed E-state index contributed by atoms with van der Waals surface area (Å²) in [5.41, 5.74) is 31.7. The Balaban J connectivity index is 0.819. The molecule has 8 bridgehead atoms. The summed E-state index contributed by atoms with van der Waals surface area (Å²) < 4.78 is 0. The predicted octanol–water partition coefficient (Wildman–Crippen LogP) is 20.9. The van der Waals surface area contributed by atoms with Crippen LogP contribution in [0.25, 0.3) is 66.8 Å². The van der Waals surface area contributed by atoms with Crippen molar-refractivity contribution in [2.75, 3.05) is 4.90 Å². The maximum Gasteiger partial charge on any atom is 0.0725 e. The molecule has 0 aromatic heterocycles. The van der Waals surface area contributed by atoms with Gasteiger partial charge in [-0.15, -0.1) is 0 Å². The standard InChI is InChI=1S/C79H65N/c1-4-13-52(14-5-1)55-23-27-63(28-24-55)80(65-42-57(53-15-6-2-7-16-53)41-58(43-65)54-17-8-3-9-18-54)64-29-25-56(26-30-64)66-20-12-22-75-78(66)67-19-10-11-21-74(67)79(75)76-46-70-61-37-48-31-49(38-61)34-59(33-48)68(70)44-72(76)73-45-69-60-35-50-32-51(36-60)40-62(39-50)71(69)47-77(73)79/h1-30,41-51,59-62H,31-40H2. The fourth-order valence-electron chi connectivity index (χ4n) is 18.8. The topological polar surface area (TPSA) is 3.24 Å². The lowest BCUT2D eigenvalue weighted by Crippen LogP contribution is -2.27. The molecule has 1 spiro atoms. The van der Waals surface area contributed by atoms with Gasteiger partial charge in [0.05, 0.1) is 5.41 Å². The highest BCUT2D eigenvalue weighted by atomic mass is 15.1. The first-order chi connectivity index (χ1) is 39.6. The minimum atomic E-state index is -0.383. The zero-order chi connectivity index (χ0) is 52.2. The van der Waals surface area contributed by atoms with E-state index in [1.165, 1.54) is 131 Å². The van der Waals surface area contributed by atoms with Crippen LogP contribution in [0.3, 0.4) is 0 Å². The van der Waals surface area contributed by atoms with E-state index in [4.69, 9.17) is 0 Å². The van der Waals surface area contributed by atoms with E-state index in [-0.39, 0.29) is 5.41 Å². The first-order valence-electron chi connectivity index (χ1n) is 30.5. The fraction of sp³-hybridized carbons (Fsp3) is 0.241. The van der Waals surface area contributed by atoms with Crippen molar-refractivity contribution in [1.82, 2.24) is 0 Å². The molecule has 0 N–H and O–H groups in total. The molecule has 0 heterocycles. The van der Waals surface area contributed by atoms with Gasteiger partial charge in [0, 0.05) is 17.1 Å². The maximum absolute atomic E-state index is 2.85. The molecule has 10 aliphatic carbocycles. The van der Waals surface area contributed by atoms with E-state index in [1.54, 1.807) is 44.5 Å². The van der Waals surface area contributed by atoms with Crippen molar-refractivity contribution in [2.24, 2.45) is 23.7 Å². The van der Waals surface area contributed by atoms with Crippen LogP contribution >= 0.6 is 0 Å². The van der Waals surface area contributed by atoms with Crippen molar-refractivity contribution in [1.29, 1.82) is 0 Å². The highest BCUT2D eigenvalue weighted by molar-refractivity contribution is 6.01. The molecule has 4 unspecified atom stereocenters. The Morgan fingerprint density at radius 2 is 0.637 bits per heavy atom. The number of hydrogen-bond donors (Lipinski definition) is 0. The lowest BCUT2D eigenvalue weighted by Gasteiger charge is -2.38. The summed E-state index contributed by atoms with van der Waals surface area (Å²) in [4.78, 5) is 2.46. The van der Waals surface area contributed by atoms with Crippen molar-refractivity contribution in [3.05, 3.63) is 269 Å². The van der Waals surface area contributed by atoms with Gasteiger partial charge >= 0.3 is 0 Å². The number of nitrogens with zero attached hydrogens (tertiary/aromatic N) is 1. The molecular formula is C79H65N. The Bertz CT molecular complexity index is 3940. The van der Waals surface area contributed by atoms with Gasteiger partial charge in [0.2, 0.25) is 0 Å². The Labute approximate surface area is 472 Å². The van der Waals surface area contributed by atoms with Crippen LogP contribution in [0.15, 0.2) is 224 Å². The molecule has 10 aromatic rings. The molecule has 20 rings (SSSR count). The minimum absolute atomic E-state index is 0.383. The van der Waals surface area contributed by atoms with Crippen molar-refractivity contribution in [3.63, 3.8) is 0 Å². The van der Waals surface area contributed by atoms with E-state index in [1.807, 2.05) is 0 Å². The molecule has 0 saturated heterocycles. The maximum atomic E-state index is 2.85. The van der Waals surface area contributed by atoms with E-state index < -0.39 is 0 Å². The van der Waals surface area contributed by atoms with Gasteiger partial charge < -0.3 is 4.90 Å². The van der Waals surface area contributed by atoms with Gasteiger partial charge in [-0.1, -0.05) is 182 Å². The van der Waals surface area contributed by atoms with Crippen LogP contribution in [0.2, 0.25) is 0 Å². The molecular weight excluding hydrogens is 963 g/mol. The number of anilines is 3. The molecule has 4 atom stereocenters. The summed E-state index contributed by atoms with van der Waals surface area (Å²) in [5, 5.41) is 0. The average Bonchev–Trinajstić information content (AvgIpc) is 4.05. The number of rotatable bonds is 7. The smallest absolute Gasteiger partial charge is 0.0725 e. The Kier molecular flexibility index (Phi) is 10.0. The number of fused-ring (bicyclic) bond motifs is 10. The van der Waals surface area contributed by atoms with Crippen LogP contribution < -0.4 is 4.90 Å². The van der Waals surface area contributed by atoms with E-state index in [0.717, 1.165) is 40.7 Å². The minimum Gasteiger partial charge on any atom is -0.310 e. The molecule has 0 radical (unpaired) electrons. The third kappa shape index (κ3) is 6.82. The van der Waals surface area contributed by atoms with Gasteiger partial charge in [0.25, 0.3) is 0 Å². The quantitative estimate of drug-likeness (QED) is 0.154. The second-order valence-corrected chi connectivity index (χ2v) is 26.0. The zero-order valence-corrected chi connectivity index (χ0v) is 45.5. The third-order valence-corrected chi connectivity index (χ3v) is 21.7. The normalized spacial score (nSPS) is 25.3. The molecule has 80 heavy (non-hydrogen) atoms. The second-order valence-electron chi connectivity index (χ2n) is 26.0. The number of benzene rings is 10. The summed E-state index contributed by atoms with van der Waals surface area (Å²) in [5.74, 6) is 6.35. The van der Waals surface area contributed by atoms with Crippen molar-refractivity contribution < 1.29 is 0 Å². The van der Waals surface area contributed by atoms with Crippen molar-refractivity contribution in [3.8, 4) is 66.8 Å². The van der Waals surface area contributed by atoms with Crippen molar-refractivity contribution in [2.45, 2.75) is 93.3 Å². The monoisotopic (exact) mass is 1030 g/mol. The SMILES string of the molecule is c1ccc(-c2ccc(N(c3ccc(-c4cccc5c4-c4ccccc4C54c5cc6c(cc5-c5cc7c(cc54)C4CC5CC(CC7C5)C4)C4CC5CC(C4)CC6C5)cc3)c3cc(-c4ccccc4)cc(-c4ccccc4)c3)cc2)cc1.